The van der Waals surface area contributed by atoms with Crippen LogP contribution >= 0.6 is 0 Å². The number of piperidine rings is 1. The summed E-state index contributed by atoms with van der Waals surface area (Å²) in [4.78, 5) is 28.5. The highest BCUT2D eigenvalue weighted by atomic mass is 16.6. The zero-order valence-corrected chi connectivity index (χ0v) is 12.8. The van der Waals surface area contributed by atoms with Gasteiger partial charge in [0.25, 0.3) is 5.69 Å². The maximum Gasteiger partial charge on any atom is 0.287 e. The molecule has 1 aliphatic heterocycles. The molecule has 1 amide bonds. The predicted molar refractivity (Wildman–Crippen MR) is 83.7 cm³/mol. The quantitative estimate of drug-likeness (QED) is 0.494. The number of hydrogen-bond acceptors (Lipinski definition) is 5. The first kappa shape index (κ1) is 16.2. The van der Waals surface area contributed by atoms with Crippen LogP contribution in [0.1, 0.15) is 32.6 Å². The summed E-state index contributed by atoms with van der Waals surface area (Å²) in [5.41, 5.74) is -0.0189. The topological polar surface area (TPSA) is 88.4 Å². The Bertz CT molecular complexity index is 518. The lowest BCUT2D eigenvalue weighted by Gasteiger charge is -2.32. The third-order valence-corrected chi connectivity index (χ3v) is 3.89. The Morgan fingerprint density at radius 1 is 1.55 bits per heavy atom. The average Bonchev–Trinajstić information content (AvgIpc) is 2.55. The van der Waals surface area contributed by atoms with Crippen molar-refractivity contribution in [2.45, 2.75) is 32.6 Å². The predicted octanol–water partition coefficient (Wildman–Crippen LogP) is 2.12. The Hall–Kier alpha value is -2.18. The Morgan fingerprint density at radius 3 is 3.00 bits per heavy atom. The van der Waals surface area contributed by atoms with Gasteiger partial charge in [0.2, 0.25) is 5.91 Å². The highest BCUT2D eigenvalue weighted by Crippen LogP contribution is 2.23. The molecule has 7 heteroatoms. The van der Waals surface area contributed by atoms with Crippen molar-refractivity contribution in [3.63, 3.8) is 0 Å². The fourth-order valence-electron chi connectivity index (χ4n) is 2.61. The Morgan fingerprint density at radius 2 is 2.36 bits per heavy atom. The summed E-state index contributed by atoms with van der Waals surface area (Å²) >= 11 is 0. The standard InChI is InChI=1S/C15H22N4O3/c1-2-3-8-16-15(20)12-5-4-9-18(11-12)14-7-6-13(10-17-14)19(21)22/h6-7,10,12H,2-5,8-9,11H2,1H3,(H,16,20). The van der Waals surface area contributed by atoms with Crippen LogP contribution < -0.4 is 10.2 Å². The number of unbranched alkanes of at least 4 members (excludes halogenated alkanes) is 1. The molecule has 22 heavy (non-hydrogen) atoms. The molecule has 1 atom stereocenters. The molecule has 1 fully saturated rings. The molecule has 1 aliphatic rings. The molecule has 0 radical (unpaired) electrons. The van der Waals surface area contributed by atoms with Crippen molar-refractivity contribution in [3.05, 3.63) is 28.4 Å². The Kier molecular flexibility index (Phi) is 5.68. The van der Waals surface area contributed by atoms with Gasteiger partial charge >= 0.3 is 0 Å². The average molecular weight is 306 g/mol. The van der Waals surface area contributed by atoms with Crippen LogP contribution in [0.2, 0.25) is 0 Å². The van der Waals surface area contributed by atoms with Crippen LogP contribution in [0.4, 0.5) is 11.5 Å². The number of nitro groups is 1. The number of rotatable bonds is 6. The molecule has 0 saturated carbocycles. The van der Waals surface area contributed by atoms with E-state index >= 15 is 0 Å². The zero-order chi connectivity index (χ0) is 15.9. The van der Waals surface area contributed by atoms with Crippen molar-refractivity contribution in [1.82, 2.24) is 10.3 Å². The van der Waals surface area contributed by atoms with Crippen LogP contribution in [0.25, 0.3) is 0 Å². The van der Waals surface area contributed by atoms with Crippen LogP contribution in [0.5, 0.6) is 0 Å². The molecule has 0 aromatic carbocycles. The van der Waals surface area contributed by atoms with Crippen molar-refractivity contribution in [3.8, 4) is 0 Å². The molecule has 0 bridgehead atoms. The molecule has 1 N–H and O–H groups in total. The molecule has 1 saturated heterocycles. The number of nitrogens with zero attached hydrogens (tertiary/aromatic N) is 3. The van der Waals surface area contributed by atoms with Gasteiger partial charge in [-0.05, 0) is 25.3 Å². The Labute approximate surface area is 129 Å². The second-order valence-electron chi connectivity index (χ2n) is 5.56. The van der Waals surface area contributed by atoms with Gasteiger partial charge < -0.3 is 10.2 Å². The summed E-state index contributed by atoms with van der Waals surface area (Å²) < 4.78 is 0. The second-order valence-corrected chi connectivity index (χ2v) is 5.56. The molecular formula is C15H22N4O3. The van der Waals surface area contributed by atoms with Crippen LogP contribution in [0.3, 0.4) is 0 Å². The SMILES string of the molecule is CCCCNC(=O)C1CCCN(c2ccc([N+](=O)[O-])cn2)C1. The first-order valence-corrected chi connectivity index (χ1v) is 7.75. The number of pyridine rings is 1. The van der Waals surface area contributed by atoms with E-state index in [9.17, 15) is 14.9 Å². The largest absolute Gasteiger partial charge is 0.356 e. The van der Waals surface area contributed by atoms with Gasteiger partial charge in [0.05, 0.1) is 10.8 Å². The lowest BCUT2D eigenvalue weighted by molar-refractivity contribution is -0.385. The van der Waals surface area contributed by atoms with Crippen LogP contribution in [-0.2, 0) is 4.79 Å². The third kappa shape index (κ3) is 4.16. The van der Waals surface area contributed by atoms with E-state index in [0.717, 1.165) is 38.8 Å². The number of anilines is 1. The molecule has 2 rings (SSSR count). The summed E-state index contributed by atoms with van der Waals surface area (Å²) in [6.07, 6.45) is 5.11. The minimum Gasteiger partial charge on any atom is -0.356 e. The lowest BCUT2D eigenvalue weighted by Crippen LogP contribution is -2.43. The van der Waals surface area contributed by atoms with E-state index < -0.39 is 4.92 Å². The molecule has 2 heterocycles. The number of nitrogens with one attached hydrogen (secondary N) is 1. The van der Waals surface area contributed by atoms with Crippen molar-refractivity contribution < 1.29 is 9.72 Å². The summed E-state index contributed by atoms with van der Waals surface area (Å²) in [6.45, 7) is 4.25. The number of amides is 1. The fourth-order valence-corrected chi connectivity index (χ4v) is 2.61. The van der Waals surface area contributed by atoms with Crippen molar-refractivity contribution in [2.24, 2.45) is 5.92 Å². The normalized spacial score (nSPS) is 18.0. The summed E-state index contributed by atoms with van der Waals surface area (Å²) in [7, 11) is 0. The molecule has 1 aromatic heterocycles. The lowest BCUT2D eigenvalue weighted by atomic mass is 9.97. The van der Waals surface area contributed by atoms with Crippen LogP contribution in [0, 0.1) is 16.0 Å². The van der Waals surface area contributed by atoms with E-state index in [2.05, 4.69) is 17.2 Å². The maximum absolute atomic E-state index is 12.1. The molecule has 7 nitrogen and oxygen atoms in total. The number of hydrogen-bond donors (Lipinski definition) is 1. The zero-order valence-electron chi connectivity index (χ0n) is 12.8. The third-order valence-electron chi connectivity index (χ3n) is 3.89. The van der Waals surface area contributed by atoms with E-state index in [4.69, 9.17) is 0 Å². The first-order chi connectivity index (χ1) is 10.6. The highest BCUT2D eigenvalue weighted by Gasteiger charge is 2.26. The second kappa shape index (κ2) is 7.72. The first-order valence-electron chi connectivity index (χ1n) is 7.75. The van der Waals surface area contributed by atoms with Gasteiger partial charge in [-0.1, -0.05) is 13.3 Å². The van der Waals surface area contributed by atoms with Gasteiger partial charge in [-0.15, -0.1) is 0 Å². The van der Waals surface area contributed by atoms with E-state index in [1.54, 1.807) is 6.07 Å². The molecule has 0 spiro atoms. The number of carbonyl (C=O) groups is 1. The number of carbonyl (C=O) groups excluding carboxylic acids is 1. The fraction of sp³-hybridized carbons (Fsp3) is 0.600. The van der Waals surface area contributed by atoms with Gasteiger partial charge in [0.1, 0.15) is 12.0 Å². The summed E-state index contributed by atoms with van der Waals surface area (Å²) in [5.74, 6) is 0.749. The van der Waals surface area contributed by atoms with Gasteiger partial charge in [-0.25, -0.2) is 4.98 Å². The number of aromatic nitrogens is 1. The highest BCUT2D eigenvalue weighted by molar-refractivity contribution is 5.79. The summed E-state index contributed by atoms with van der Waals surface area (Å²) in [6, 6.07) is 3.10. The van der Waals surface area contributed by atoms with E-state index in [-0.39, 0.29) is 17.5 Å². The molecule has 120 valence electrons. The van der Waals surface area contributed by atoms with Crippen molar-refractivity contribution >= 4 is 17.4 Å². The minimum atomic E-state index is -0.461. The van der Waals surface area contributed by atoms with Gasteiger partial charge in [0, 0.05) is 25.7 Å². The monoisotopic (exact) mass is 306 g/mol. The Balaban J connectivity index is 1.95. The molecule has 1 aromatic rings. The molecular weight excluding hydrogens is 284 g/mol. The maximum atomic E-state index is 12.1. The van der Waals surface area contributed by atoms with Gasteiger partial charge in [-0.2, -0.15) is 0 Å². The van der Waals surface area contributed by atoms with E-state index in [1.807, 2.05) is 4.90 Å². The van der Waals surface area contributed by atoms with Crippen LogP contribution in [-0.4, -0.2) is 35.4 Å². The van der Waals surface area contributed by atoms with Gasteiger partial charge in [0.15, 0.2) is 0 Å². The van der Waals surface area contributed by atoms with Crippen molar-refractivity contribution in [1.29, 1.82) is 0 Å². The molecule has 1 unspecified atom stereocenters. The van der Waals surface area contributed by atoms with E-state index in [0.29, 0.717) is 12.4 Å². The van der Waals surface area contributed by atoms with Crippen molar-refractivity contribution in [2.75, 3.05) is 24.5 Å². The minimum absolute atomic E-state index is 0.0189. The smallest absolute Gasteiger partial charge is 0.287 e. The summed E-state index contributed by atoms with van der Waals surface area (Å²) in [5, 5.41) is 13.6. The van der Waals surface area contributed by atoms with Crippen LogP contribution in [0.15, 0.2) is 18.3 Å². The molecule has 0 aliphatic carbocycles. The van der Waals surface area contributed by atoms with E-state index in [1.165, 1.54) is 12.3 Å². The van der Waals surface area contributed by atoms with Gasteiger partial charge in [-0.3, -0.25) is 14.9 Å².